The largest absolute Gasteiger partial charge is 0.338 e. The Labute approximate surface area is 164 Å². The van der Waals surface area contributed by atoms with Gasteiger partial charge in [-0.2, -0.15) is 0 Å². The van der Waals surface area contributed by atoms with Crippen molar-refractivity contribution in [3.8, 4) is 0 Å². The number of aryl methyl sites for hydroxylation is 2. The maximum Gasteiger partial charge on any atom is 0.240 e. The SMILES string of the molecule is CCN(Cc1ccc(Cl)s1)C(=O)CCNS(=O)(=O)c1ccc(C)c(C)c1. The van der Waals surface area contributed by atoms with Crippen LogP contribution < -0.4 is 4.72 Å². The molecule has 0 aliphatic carbocycles. The second-order valence-electron chi connectivity index (χ2n) is 6.01. The molecule has 0 aliphatic heterocycles. The molecule has 1 aromatic carbocycles. The average molecular weight is 415 g/mol. The van der Waals surface area contributed by atoms with E-state index in [1.165, 1.54) is 11.3 Å². The van der Waals surface area contributed by atoms with E-state index in [4.69, 9.17) is 11.6 Å². The van der Waals surface area contributed by atoms with Crippen molar-refractivity contribution < 1.29 is 13.2 Å². The van der Waals surface area contributed by atoms with Gasteiger partial charge in [0.15, 0.2) is 0 Å². The van der Waals surface area contributed by atoms with Crippen molar-refractivity contribution in [3.05, 3.63) is 50.7 Å². The van der Waals surface area contributed by atoms with Crippen molar-refractivity contribution >= 4 is 38.9 Å². The summed E-state index contributed by atoms with van der Waals surface area (Å²) in [5.41, 5.74) is 1.95. The van der Waals surface area contributed by atoms with Crippen LogP contribution in [0.5, 0.6) is 0 Å². The van der Waals surface area contributed by atoms with Gasteiger partial charge >= 0.3 is 0 Å². The lowest BCUT2D eigenvalue weighted by Gasteiger charge is -2.20. The van der Waals surface area contributed by atoms with Crippen LogP contribution in [-0.4, -0.2) is 32.3 Å². The number of rotatable bonds is 8. The molecule has 1 aromatic heterocycles. The quantitative estimate of drug-likeness (QED) is 0.715. The molecule has 0 unspecified atom stereocenters. The topological polar surface area (TPSA) is 66.5 Å². The third-order valence-electron chi connectivity index (χ3n) is 4.13. The van der Waals surface area contributed by atoms with Crippen LogP contribution in [0.3, 0.4) is 0 Å². The Bertz CT molecular complexity index is 878. The number of nitrogens with one attached hydrogen (secondary N) is 1. The first-order valence-corrected chi connectivity index (χ1v) is 11.0. The van der Waals surface area contributed by atoms with Gasteiger partial charge in [0.05, 0.1) is 15.8 Å². The van der Waals surface area contributed by atoms with Crippen molar-refractivity contribution in [1.82, 2.24) is 9.62 Å². The Kier molecular flexibility index (Phi) is 7.23. The molecular formula is C18H23ClN2O3S2. The van der Waals surface area contributed by atoms with Crippen molar-refractivity contribution in [2.45, 2.75) is 38.6 Å². The zero-order chi connectivity index (χ0) is 19.3. The van der Waals surface area contributed by atoms with Gasteiger partial charge in [-0.3, -0.25) is 4.79 Å². The zero-order valence-electron chi connectivity index (χ0n) is 15.1. The Morgan fingerprint density at radius 2 is 1.92 bits per heavy atom. The van der Waals surface area contributed by atoms with Crippen molar-refractivity contribution in [3.63, 3.8) is 0 Å². The Morgan fingerprint density at radius 1 is 1.19 bits per heavy atom. The number of halogens is 1. The fourth-order valence-corrected chi connectivity index (χ4v) is 4.64. The number of carbonyl (C=O) groups is 1. The van der Waals surface area contributed by atoms with E-state index in [1.807, 2.05) is 26.8 Å². The molecular weight excluding hydrogens is 392 g/mol. The van der Waals surface area contributed by atoms with Crippen molar-refractivity contribution in [2.75, 3.05) is 13.1 Å². The first-order chi connectivity index (χ1) is 12.2. The number of benzene rings is 1. The van der Waals surface area contributed by atoms with Crippen LogP contribution in [0.15, 0.2) is 35.2 Å². The number of amides is 1. The lowest BCUT2D eigenvalue weighted by molar-refractivity contribution is -0.131. The molecule has 0 atom stereocenters. The molecule has 1 N–H and O–H groups in total. The summed E-state index contributed by atoms with van der Waals surface area (Å²) >= 11 is 7.35. The zero-order valence-corrected chi connectivity index (χ0v) is 17.5. The fraction of sp³-hybridized carbons (Fsp3) is 0.389. The van der Waals surface area contributed by atoms with Crippen LogP contribution in [0.25, 0.3) is 0 Å². The summed E-state index contributed by atoms with van der Waals surface area (Å²) < 4.78 is 27.9. The van der Waals surface area contributed by atoms with Gasteiger partial charge in [-0.25, -0.2) is 13.1 Å². The Hall–Kier alpha value is -1.41. The lowest BCUT2D eigenvalue weighted by Crippen LogP contribution is -2.34. The molecule has 0 spiro atoms. The third-order valence-corrected chi connectivity index (χ3v) is 6.80. The summed E-state index contributed by atoms with van der Waals surface area (Å²) in [6, 6.07) is 8.69. The lowest BCUT2D eigenvalue weighted by atomic mass is 10.1. The van der Waals surface area contributed by atoms with E-state index in [2.05, 4.69) is 4.72 Å². The number of nitrogens with zero attached hydrogens (tertiary/aromatic N) is 1. The predicted molar refractivity (Wildman–Crippen MR) is 106 cm³/mol. The first-order valence-electron chi connectivity index (χ1n) is 8.32. The summed E-state index contributed by atoms with van der Waals surface area (Å²) in [5.74, 6) is -0.0974. The number of sulfonamides is 1. The minimum absolute atomic E-state index is 0.0653. The molecule has 2 rings (SSSR count). The number of thiophene rings is 1. The predicted octanol–water partition coefficient (Wildman–Crippen LogP) is 3.74. The van der Waals surface area contributed by atoms with Gasteiger partial charge in [0.25, 0.3) is 0 Å². The number of hydrogen-bond acceptors (Lipinski definition) is 4. The van der Waals surface area contributed by atoms with Gasteiger partial charge in [0, 0.05) is 24.4 Å². The van der Waals surface area contributed by atoms with Crippen LogP contribution in [0, 0.1) is 13.8 Å². The number of hydrogen-bond donors (Lipinski definition) is 1. The highest BCUT2D eigenvalue weighted by Gasteiger charge is 2.17. The smallest absolute Gasteiger partial charge is 0.240 e. The van der Waals surface area contributed by atoms with E-state index < -0.39 is 10.0 Å². The molecule has 0 bridgehead atoms. The molecule has 5 nitrogen and oxygen atoms in total. The minimum Gasteiger partial charge on any atom is -0.338 e. The monoisotopic (exact) mass is 414 g/mol. The summed E-state index contributed by atoms with van der Waals surface area (Å²) in [6.45, 7) is 6.79. The van der Waals surface area contributed by atoms with Crippen LogP contribution >= 0.6 is 22.9 Å². The fourth-order valence-electron chi connectivity index (χ4n) is 2.42. The summed E-state index contributed by atoms with van der Waals surface area (Å²) in [7, 11) is -3.62. The average Bonchev–Trinajstić information content (AvgIpc) is 2.99. The Morgan fingerprint density at radius 3 is 2.50 bits per heavy atom. The Balaban J connectivity index is 1.92. The van der Waals surface area contributed by atoms with Crippen LogP contribution in [0.4, 0.5) is 0 Å². The molecule has 142 valence electrons. The molecule has 8 heteroatoms. The van der Waals surface area contributed by atoms with E-state index >= 15 is 0 Å². The molecule has 1 heterocycles. The normalized spacial score (nSPS) is 11.5. The van der Waals surface area contributed by atoms with Crippen molar-refractivity contribution in [1.29, 1.82) is 0 Å². The standard InChI is InChI=1S/C18H23ClN2O3S2/c1-4-21(12-15-6-8-17(19)25-15)18(22)9-10-20-26(23,24)16-7-5-13(2)14(3)11-16/h5-8,11,20H,4,9-10,12H2,1-3H3. The van der Waals surface area contributed by atoms with E-state index in [9.17, 15) is 13.2 Å². The van der Waals surface area contributed by atoms with E-state index in [0.717, 1.165) is 16.0 Å². The molecule has 0 saturated heterocycles. The van der Waals surface area contributed by atoms with Gasteiger partial charge in [-0.15, -0.1) is 11.3 Å². The highest BCUT2D eigenvalue weighted by molar-refractivity contribution is 7.89. The van der Waals surface area contributed by atoms with Gasteiger partial charge in [0.2, 0.25) is 15.9 Å². The summed E-state index contributed by atoms with van der Waals surface area (Å²) in [6.07, 6.45) is 0.108. The molecule has 0 saturated carbocycles. The highest BCUT2D eigenvalue weighted by Crippen LogP contribution is 2.23. The third kappa shape index (κ3) is 5.54. The maximum absolute atomic E-state index is 12.4. The van der Waals surface area contributed by atoms with Gasteiger partial charge < -0.3 is 4.90 Å². The second-order valence-corrected chi connectivity index (χ2v) is 9.57. The number of carbonyl (C=O) groups excluding carboxylic acids is 1. The van der Waals surface area contributed by atoms with Crippen LogP contribution in [-0.2, 0) is 21.4 Å². The van der Waals surface area contributed by atoms with Gasteiger partial charge in [0.1, 0.15) is 0 Å². The van der Waals surface area contributed by atoms with Gasteiger partial charge in [-0.1, -0.05) is 17.7 Å². The molecule has 26 heavy (non-hydrogen) atoms. The second kappa shape index (κ2) is 8.99. The van der Waals surface area contributed by atoms with Gasteiger partial charge in [-0.05, 0) is 56.2 Å². The van der Waals surface area contributed by atoms with E-state index in [1.54, 1.807) is 29.2 Å². The summed E-state index contributed by atoms with van der Waals surface area (Å²) in [4.78, 5) is 15.3. The maximum atomic E-state index is 12.4. The first kappa shape index (κ1) is 20.9. The van der Waals surface area contributed by atoms with Crippen LogP contribution in [0.1, 0.15) is 29.3 Å². The molecule has 0 aliphatic rings. The van der Waals surface area contributed by atoms with Crippen molar-refractivity contribution in [2.24, 2.45) is 0 Å². The molecule has 2 aromatic rings. The van der Waals surface area contributed by atoms with E-state index in [-0.39, 0.29) is 23.8 Å². The summed E-state index contributed by atoms with van der Waals surface area (Å²) in [5, 5.41) is 0. The molecule has 1 amide bonds. The van der Waals surface area contributed by atoms with E-state index in [0.29, 0.717) is 17.4 Å². The molecule has 0 radical (unpaired) electrons. The highest BCUT2D eigenvalue weighted by atomic mass is 35.5. The molecule has 0 fully saturated rings. The minimum atomic E-state index is -3.62. The van der Waals surface area contributed by atoms with Crippen LogP contribution in [0.2, 0.25) is 4.34 Å².